The van der Waals surface area contributed by atoms with Crippen molar-refractivity contribution in [3.05, 3.63) is 315 Å². The topological polar surface area (TPSA) is 102 Å². The van der Waals surface area contributed by atoms with Gasteiger partial charge in [0.05, 0.1) is 35.8 Å². The Kier molecular flexibility index (Phi) is 21.1. The predicted molar refractivity (Wildman–Crippen MR) is 375 cm³/mol. The maximum Gasteiger partial charge on any atom is 0.268 e. The summed E-state index contributed by atoms with van der Waals surface area (Å²) >= 11 is 4.22. The Bertz CT molecular complexity index is 4410. The fraction of sp³-hybridized carbons (Fsp3) is 0.137. The zero-order valence-electron chi connectivity index (χ0n) is 49.0. The maximum atomic E-state index is 12.9. The molecule has 0 saturated carbocycles. The van der Waals surface area contributed by atoms with E-state index in [-0.39, 0.29) is 16.4 Å². The van der Waals surface area contributed by atoms with E-state index in [0.717, 1.165) is 53.7 Å². The molecule has 0 unspecified atom stereocenters. The summed E-state index contributed by atoms with van der Waals surface area (Å²) in [5.74, 6) is 3.82. The van der Waals surface area contributed by atoms with Crippen molar-refractivity contribution in [2.45, 2.75) is 65.5 Å². The second-order valence-electron chi connectivity index (χ2n) is 22.5. The Morgan fingerprint density at radius 1 is 0.442 bits per heavy atom. The summed E-state index contributed by atoms with van der Waals surface area (Å²) in [6.45, 7) is 15.9. The van der Waals surface area contributed by atoms with Gasteiger partial charge in [-0.25, -0.2) is 0 Å². The average molecular weight is 1390 g/mol. The van der Waals surface area contributed by atoms with Gasteiger partial charge in [-0.05, 0) is 74.2 Å². The number of aromatic nitrogens is 3. The molecule has 0 atom stereocenters. The molecule has 0 saturated heterocycles. The van der Waals surface area contributed by atoms with E-state index in [1.807, 2.05) is 197 Å². The molecule has 0 aliphatic carbocycles. The van der Waals surface area contributed by atoms with Gasteiger partial charge in [-0.3, -0.25) is 14.4 Å². The lowest BCUT2D eigenvalue weighted by Crippen LogP contribution is -2.37. The highest BCUT2D eigenvalue weighted by Crippen LogP contribution is 2.34. The molecule has 9 nitrogen and oxygen atoms in total. The maximum absolute atomic E-state index is 12.9. The van der Waals surface area contributed by atoms with Gasteiger partial charge in [0.25, 0.3) is 5.56 Å². The smallest absolute Gasteiger partial charge is 0.268 e. The van der Waals surface area contributed by atoms with Crippen LogP contribution >= 0.6 is 45.2 Å². The molecule has 12 rings (SSSR count). The van der Waals surface area contributed by atoms with Crippen LogP contribution in [0.25, 0.3) is 44.5 Å². The van der Waals surface area contributed by atoms with E-state index in [4.69, 9.17) is 13.6 Å². The summed E-state index contributed by atoms with van der Waals surface area (Å²) in [5, 5.41) is 2.31. The highest BCUT2D eigenvalue weighted by atomic mass is 127. The van der Waals surface area contributed by atoms with Gasteiger partial charge in [0.15, 0.2) is 14.6 Å². The highest BCUT2D eigenvalue weighted by molar-refractivity contribution is 14.1. The fourth-order valence-corrected chi connectivity index (χ4v) is 12.8. The number of hydrogen-bond acceptors (Lipinski definition) is 6. The van der Waals surface area contributed by atoms with Crippen LogP contribution in [-0.2, 0) is 26.2 Å². The van der Waals surface area contributed by atoms with E-state index in [1.165, 1.54) is 5.56 Å². The van der Waals surface area contributed by atoms with Crippen LogP contribution in [0.2, 0.25) is 39.3 Å². The summed E-state index contributed by atoms with van der Waals surface area (Å²) < 4.78 is 25.3. The molecule has 86 heavy (non-hydrogen) atoms. The zero-order chi connectivity index (χ0) is 60.6. The molecule has 12 aromatic rings. The van der Waals surface area contributed by atoms with Crippen molar-refractivity contribution in [1.29, 1.82) is 0 Å². The van der Waals surface area contributed by atoms with Gasteiger partial charge in [-0.1, -0.05) is 245 Å². The number of fused-ring (bicyclic) bond motifs is 2. The van der Waals surface area contributed by atoms with Gasteiger partial charge in [0.1, 0.15) is 32.1 Å². The van der Waals surface area contributed by atoms with E-state index in [1.54, 1.807) is 29.1 Å². The third kappa shape index (κ3) is 16.6. The molecular weight excluding hydrogens is 1320 g/mol. The van der Waals surface area contributed by atoms with E-state index in [0.29, 0.717) is 57.8 Å². The van der Waals surface area contributed by atoms with Crippen molar-refractivity contribution < 1.29 is 13.6 Å². The number of hydrogen-bond donors (Lipinski definition) is 0. The molecule has 7 aromatic carbocycles. The summed E-state index contributed by atoms with van der Waals surface area (Å²) in [6, 6.07) is 75.6. The lowest BCUT2D eigenvalue weighted by molar-refractivity contribution is 0.302. The number of pyridine rings is 3. The molecule has 0 amide bonds. The first-order valence-electron chi connectivity index (χ1n) is 28.3. The largest absolute Gasteiger partial charge is 0.488 e. The first-order valence-corrected chi connectivity index (χ1v) is 37.5. The molecule has 0 spiro atoms. The van der Waals surface area contributed by atoms with Crippen molar-refractivity contribution in [2.24, 2.45) is 0 Å². The Balaban J connectivity index is 0.000000141. The first kappa shape index (κ1) is 62.3. The van der Waals surface area contributed by atoms with Crippen molar-refractivity contribution in [1.82, 2.24) is 13.7 Å². The van der Waals surface area contributed by atoms with Crippen molar-refractivity contribution in [2.75, 3.05) is 0 Å². The van der Waals surface area contributed by atoms with Gasteiger partial charge in [-0.2, -0.15) is 0 Å². The number of furan rings is 2. The zero-order valence-corrected chi connectivity index (χ0v) is 55.4. The minimum absolute atomic E-state index is 0.0140. The number of ether oxygens (including phenoxy) is 1. The lowest BCUT2D eigenvalue weighted by atomic mass is 10.1. The summed E-state index contributed by atoms with van der Waals surface area (Å²) in [6.07, 6.45) is 5.42. The molecule has 0 N–H and O–H groups in total. The van der Waals surface area contributed by atoms with E-state index in [9.17, 15) is 14.4 Å². The van der Waals surface area contributed by atoms with E-state index >= 15 is 0 Å². The number of nitrogens with zero attached hydrogens (tertiary/aromatic N) is 3. The van der Waals surface area contributed by atoms with Crippen molar-refractivity contribution >= 4 is 88.9 Å². The fourth-order valence-electron chi connectivity index (χ4n) is 9.43. The SMILES string of the molecule is C[Si](C)(C)C#Cc1ccccc1.C[Si](C)(C)c1oc2c(c1-c1ccccc1)c(=O)ccn2Cc1ccccc1.O=c1c(I)c(OCc2ccccc2)ccn1Cc1ccccc1.O=c1ccn(Cc2ccccc2)c2oc(I)c(-c3ccccc3)c12. The Hall–Kier alpha value is -8.28. The highest BCUT2D eigenvalue weighted by Gasteiger charge is 2.30. The second-order valence-corrected chi connectivity index (χ2v) is 34.3. The van der Waals surface area contributed by atoms with Gasteiger partial charge < -0.3 is 27.3 Å². The van der Waals surface area contributed by atoms with Gasteiger partial charge in [-0.15, -0.1) is 5.54 Å². The minimum atomic E-state index is -1.80. The van der Waals surface area contributed by atoms with Crippen LogP contribution in [0.3, 0.4) is 0 Å². The van der Waals surface area contributed by atoms with Crippen LogP contribution < -0.4 is 26.5 Å². The van der Waals surface area contributed by atoms with Gasteiger partial charge in [0, 0.05) is 70.0 Å². The van der Waals surface area contributed by atoms with Crippen LogP contribution in [-0.4, -0.2) is 29.8 Å². The number of rotatable bonds is 12. The summed E-state index contributed by atoms with van der Waals surface area (Å²) in [7, 11) is -3.00. The van der Waals surface area contributed by atoms with Gasteiger partial charge >= 0.3 is 0 Å². The average Bonchev–Trinajstić information content (AvgIpc) is 2.24. The summed E-state index contributed by atoms with van der Waals surface area (Å²) in [4.78, 5) is 37.9. The Morgan fingerprint density at radius 3 is 1.28 bits per heavy atom. The van der Waals surface area contributed by atoms with Crippen LogP contribution in [0.4, 0.5) is 0 Å². The monoisotopic (exact) mass is 1390 g/mol. The molecular formula is C73H67I2N3O6Si2. The number of halogens is 2. The normalized spacial score (nSPS) is 11.0. The van der Waals surface area contributed by atoms with Crippen molar-refractivity contribution in [3.8, 4) is 39.5 Å². The number of benzene rings is 7. The molecule has 0 radical (unpaired) electrons. The van der Waals surface area contributed by atoms with E-state index in [2.05, 4.69) is 132 Å². The molecule has 0 fully saturated rings. The predicted octanol–water partition coefficient (Wildman–Crippen LogP) is 16.8. The molecule has 13 heteroatoms. The molecule has 5 heterocycles. The molecule has 5 aromatic heterocycles. The Labute approximate surface area is 531 Å². The second kappa shape index (κ2) is 29.2. The third-order valence-electron chi connectivity index (χ3n) is 13.6. The van der Waals surface area contributed by atoms with Gasteiger partial charge in [0.2, 0.25) is 11.4 Å². The standard InChI is InChI=1S/C23H23NO2Si.C20H14INO2.C19H16INO2.C11H14Si/c1-27(2,3)23-20(18-12-8-5-9-13-18)21-19(25)14-15-24(22(21)26-23)16-17-10-6-4-7-11-17;21-19-17(15-9-5-2-6-10-15)18-16(23)11-12-22(20(18)24-19)13-14-7-3-1-4-8-14;20-18-17(23-14-16-9-5-2-6-10-16)11-12-21(19(18)22)13-15-7-3-1-4-8-15;1-12(2,3)10-9-11-7-5-4-6-8-11/h4-15H,16H2,1-3H3;1-12H,13H2;1-12H,13-14H2;4-8H,1-3H3. The Morgan fingerprint density at radius 2 is 0.826 bits per heavy atom. The van der Waals surface area contributed by atoms with Crippen LogP contribution in [0, 0.1) is 18.8 Å². The quantitative estimate of drug-likeness (QED) is 0.0686. The molecule has 0 aliphatic rings. The summed E-state index contributed by atoms with van der Waals surface area (Å²) in [5.41, 5.74) is 14.1. The van der Waals surface area contributed by atoms with Crippen molar-refractivity contribution in [3.63, 3.8) is 0 Å². The van der Waals surface area contributed by atoms with Crippen LogP contribution in [0.1, 0.15) is 27.8 Å². The third-order valence-corrected chi connectivity index (χ3v) is 18.0. The lowest BCUT2D eigenvalue weighted by Gasteiger charge is -2.15. The minimum Gasteiger partial charge on any atom is -0.488 e. The van der Waals surface area contributed by atoms with Crippen LogP contribution in [0.15, 0.2) is 272 Å². The van der Waals surface area contributed by atoms with E-state index < -0.39 is 16.1 Å². The van der Waals surface area contributed by atoms with Crippen LogP contribution in [0.5, 0.6) is 5.75 Å². The molecule has 432 valence electrons. The molecule has 0 bridgehead atoms. The molecule has 0 aliphatic heterocycles. The first-order chi connectivity index (χ1) is 41.5.